The Morgan fingerprint density at radius 3 is 2.38 bits per heavy atom. The number of hydrogen-bond donors (Lipinski definition) is 0. The number of ether oxygens (including phenoxy) is 4. The van der Waals surface area contributed by atoms with Gasteiger partial charge in [-0.05, 0) is 0 Å². The molecule has 0 N–H and O–H groups in total. The number of methoxy groups -OCH3 is 2. The third-order valence-electron chi connectivity index (χ3n) is 4.39. The van der Waals surface area contributed by atoms with Crippen molar-refractivity contribution in [3.63, 3.8) is 0 Å². The van der Waals surface area contributed by atoms with Crippen LogP contribution in [0.5, 0.6) is 11.5 Å². The second-order valence-electron chi connectivity index (χ2n) is 6.31. The molecular formula is C22H25AsN2O4. The molecule has 0 spiro atoms. The second-order valence-corrected chi connectivity index (χ2v) is 7.64. The Bertz CT molecular complexity index is 910. The summed E-state index contributed by atoms with van der Waals surface area (Å²) in [6.45, 7) is 1.85. The van der Waals surface area contributed by atoms with E-state index < -0.39 is 0 Å². The molecule has 1 heterocycles. The molecule has 29 heavy (non-hydrogen) atoms. The van der Waals surface area contributed by atoms with Crippen LogP contribution >= 0.6 is 0 Å². The molecular weight excluding hydrogens is 431 g/mol. The van der Waals surface area contributed by atoms with Gasteiger partial charge in [0.1, 0.15) is 0 Å². The van der Waals surface area contributed by atoms with Gasteiger partial charge in [-0.25, -0.2) is 0 Å². The summed E-state index contributed by atoms with van der Waals surface area (Å²) >= 11 is 1.53. The standard InChI is InChI=1S/C22H25AsN2O4/c1-4-16-6-5-7-17(12-16)25-15-24-22(23)18-13-20(28-10-8-26-2)21(14-19(18)25)29-11-9-27-3/h1,5-7,12-15,22H,8-11,23H2,2-3H3. The maximum absolute atomic E-state index is 5.95. The average molecular weight is 456 g/mol. The van der Waals surface area contributed by atoms with Crippen molar-refractivity contribution in [1.29, 1.82) is 0 Å². The maximum atomic E-state index is 5.95. The number of nitrogens with zero attached hydrogens (tertiary/aromatic N) is 2. The van der Waals surface area contributed by atoms with Gasteiger partial charge in [-0.15, -0.1) is 0 Å². The van der Waals surface area contributed by atoms with Crippen molar-refractivity contribution in [2.24, 2.45) is 4.99 Å². The molecule has 1 aliphatic rings. The number of fused-ring (bicyclic) bond motifs is 1. The molecule has 0 bridgehead atoms. The minimum absolute atomic E-state index is 0.0577. The van der Waals surface area contributed by atoms with Crippen molar-refractivity contribution < 1.29 is 18.9 Å². The minimum atomic E-state index is 0.0577. The number of terminal acetylenes is 1. The van der Waals surface area contributed by atoms with Crippen LogP contribution in [0.2, 0.25) is 0 Å². The molecule has 0 amide bonds. The predicted molar refractivity (Wildman–Crippen MR) is 117 cm³/mol. The number of rotatable bonds is 9. The fourth-order valence-electron chi connectivity index (χ4n) is 2.94. The first-order valence-corrected chi connectivity index (χ1v) is 10.6. The zero-order valence-corrected chi connectivity index (χ0v) is 19.1. The molecule has 6 nitrogen and oxygen atoms in total. The van der Waals surface area contributed by atoms with E-state index in [-0.39, 0.29) is 4.83 Å². The molecule has 0 saturated heterocycles. The Balaban J connectivity index is 2.01. The van der Waals surface area contributed by atoms with Gasteiger partial charge < -0.3 is 0 Å². The van der Waals surface area contributed by atoms with Crippen molar-refractivity contribution in [1.82, 2.24) is 0 Å². The molecule has 2 aromatic carbocycles. The van der Waals surface area contributed by atoms with Crippen LogP contribution in [-0.2, 0) is 9.47 Å². The van der Waals surface area contributed by atoms with Gasteiger partial charge in [-0.2, -0.15) is 0 Å². The molecule has 0 aliphatic carbocycles. The van der Waals surface area contributed by atoms with E-state index in [0.717, 1.165) is 22.5 Å². The number of benzene rings is 2. The first-order chi connectivity index (χ1) is 14.2. The summed E-state index contributed by atoms with van der Waals surface area (Å²) in [6.07, 6.45) is 7.42. The van der Waals surface area contributed by atoms with Crippen LogP contribution in [-0.4, -0.2) is 63.8 Å². The Morgan fingerprint density at radius 2 is 1.72 bits per heavy atom. The fourth-order valence-corrected chi connectivity index (χ4v) is 3.66. The van der Waals surface area contributed by atoms with Gasteiger partial charge in [0.15, 0.2) is 0 Å². The Labute approximate surface area is 180 Å². The number of anilines is 2. The van der Waals surface area contributed by atoms with Gasteiger partial charge in [0, 0.05) is 0 Å². The molecule has 152 valence electrons. The van der Waals surface area contributed by atoms with Crippen LogP contribution in [0.15, 0.2) is 41.4 Å². The number of hydrogen-bond acceptors (Lipinski definition) is 6. The van der Waals surface area contributed by atoms with E-state index in [1.54, 1.807) is 14.2 Å². The van der Waals surface area contributed by atoms with Crippen molar-refractivity contribution in [3.8, 4) is 23.8 Å². The van der Waals surface area contributed by atoms with Crippen LogP contribution in [0, 0.1) is 12.3 Å². The molecule has 3 rings (SSSR count). The fraction of sp³-hybridized carbons (Fsp3) is 0.318. The van der Waals surface area contributed by atoms with Crippen LogP contribution in [0.4, 0.5) is 11.4 Å². The van der Waals surface area contributed by atoms with Crippen molar-refractivity contribution in [2.45, 2.75) is 4.83 Å². The van der Waals surface area contributed by atoms with Crippen LogP contribution in [0.3, 0.4) is 0 Å². The van der Waals surface area contributed by atoms with E-state index >= 15 is 0 Å². The zero-order valence-electron chi connectivity index (χ0n) is 16.6. The van der Waals surface area contributed by atoms with E-state index in [1.165, 1.54) is 16.9 Å². The summed E-state index contributed by atoms with van der Waals surface area (Å²) in [6, 6.07) is 11.8. The monoisotopic (exact) mass is 456 g/mol. The van der Waals surface area contributed by atoms with E-state index in [2.05, 4.69) is 10.9 Å². The normalized spacial score (nSPS) is 15.0. The van der Waals surface area contributed by atoms with E-state index in [0.29, 0.717) is 37.9 Å². The molecule has 7 heteroatoms. The molecule has 0 aromatic heterocycles. The van der Waals surface area contributed by atoms with Crippen LogP contribution < -0.4 is 14.4 Å². The van der Waals surface area contributed by atoms with Crippen LogP contribution in [0.1, 0.15) is 16.0 Å². The average Bonchev–Trinajstić information content (AvgIpc) is 2.75. The van der Waals surface area contributed by atoms with Gasteiger partial charge in [0.2, 0.25) is 0 Å². The van der Waals surface area contributed by atoms with Gasteiger partial charge in [0.25, 0.3) is 0 Å². The van der Waals surface area contributed by atoms with Crippen molar-refractivity contribution >= 4 is 34.6 Å². The third-order valence-corrected chi connectivity index (χ3v) is 5.51. The first-order valence-electron chi connectivity index (χ1n) is 9.24. The Kier molecular flexibility index (Phi) is 7.60. The summed E-state index contributed by atoms with van der Waals surface area (Å²) in [5.41, 5.74) is 3.83. The molecule has 2 aromatic rings. The van der Waals surface area contributed by atoms with E-state index in [1.807, 2.05) is 47.6 Å². The summed E-state index contributed by atoms with van der Waals surface area (Å²) in [5, 5.41) is 0. The molecule has 1 aliphatic heterocycles. The molecule has 2 atom stereocenters. The summed E-state index contributed by atoms with van der Waals surface area (Å²) in [4.78, 5) is 6.74. The van der Waals surface area contributed by atoms with Crippen LogP contribution in [0.25, 0.3) is 0 Å². The quantitative estimate of drug-likeness (QED) is 0.330. The summed E-state index contributed by atoms with van der Waals surface area (Å²) in [7, 11) is 3.29. The van der Waals surface area contributed by atoms with Gasteiger partial charge in [-0.3, -0.25) is 0 Å². The predicted octanol–water partition coefficient (Wildman–Crippen LogP) is 2.53. The van der Waals surface area contributed by atoms with E-state index in [4.69, 9.17) is 25.4 Å². The molecule has 0 fully saturated rings. The second kappa shape index (κ2) is 10.4. The van der Waals surface area contributed by atoms with Gasteiger partial charge >= 0.3 is 180 Å². The van der Waals surface area contributed by atoms with Gasteiger partial charge in [-0.1, -0.05) is 0 Å². The summed E-state index contributed by atoms with van der Waals surface area (Å²) in [5.74, 6) is 4.02. The first kappa shape index (κ1) is 21.3. The topological polar surface area (TPSA) is 52.5 Å². The van der Waals surface area contributed by atoms with Gasteiger partial charge in [0.05, 0.1) is 0 Å². The molecule has 0 radical (unpaired) electrons. The Morgan fingerprint density at radius 1 is 1.03 bits per heavy atom. The van der Waals surface area contributed by atoms with E-state index in [9.17, 15) is 0 Å². The van der Waals surface area contributed by atoms with Crippen molar-refractivity contribution in [2.75, 3.05) is 45.5 Å². The Hall–Kier alpha value is -2.45. The SMILES string of the molecule is C#Cc1cccc(N2C=NC([AsH2])c3cc(OCCOC)c(OCCOC)cc32)c1. The zero-order chi connectivity index (χ0) is 20.6. The summed E-state index contributed by atoms with van der Waals surface area (Å²) < 4.78 is 22.1. The molecule has 2 unspecified atom stereocenters. The third kappa shape index (κ3) is 5.13. The molecule has 0 saturated carbocycles. The van der Waals surface area contributed by atoms with Crippen molar-refractivity contribution in [3.05, 3.63) is 47.5 Å². The number of aliphatic imine (C=N–C) groups is 1.